The second-order valence-corrected chi connectivity index (χ2v) is 9.69. The number of carbonyl (C=O) groups is 2. The zero-order valence-electron chi connectivity index (χ0n) is 19.5. The van der Waals surface area contributed by atoms with Gasteiger partial charge in [-0.25, -0.2) is 8.93 Å². The summed E-state index contributed by atoms with van der Waals surface area (Å²) in [5.41, 5.74) is 1.99. The van der Waals surface area contributed by atoms with Gasteiger partial charge in [0.2, 0.25) is 11.8 Å². The first-order valence-corrected chi connectivity index (χ1v) is 12.9. The summed E-state index contributed by atoms with van der Waals surface area (Å²) in [5, 5.41) is 31.5. The maximum absolute atomic E-state index is 13.4. The van der Waals surface area contributed by atoms with Crippen LogP contribution in [0.25, 0.3) is 0 Å². The van der Waals surface area contributed by atoms with Crippen LogP contribution >= 0.6 is 0 Å². The third kappa shape index (κ3) is 7.47. The molecule has 11 heteroatoms. The Hall–Kier alpha value is -3.04. The van der Waals surface area contributed by atoms with E-state index >= 15 is 0 Å². The number of nitrogens with zero attached hydrogens (tertiary/aromatic N) is 2. The molecule has 35 heavy (non-hydrogen) atoms. The minimum atomic E-state index is -1.83. The van der Waals surface area contributed by atoms with Crippen molar-refractivity contribution in [2.24, 2.45) is 0 Å². The molecule has 0 radical (unpaired) electrons. The van der Waals surface area contributed by atoms with Gasteiger partial charge in [-0.2, -0.15) is 5.26 Å². The van der Waals surface area contributed by atoms with E-state index in [0.717, 1.165) is 5.56 Å². The first kappa shape index (κ1) is 26.6. The van der Waals surface area contributed by atoms with Crippen LogP contribution in [0, 0.1) is 11.3 Å². The van der Waals surface area contributed by atoms with Crippen LogP contribution in [0.15, 0.2) is 54.6 Å². The quantitative estimate of drug-likeness (QED) is 0.343. The maximum atomic E-state index is 13.4. The van der Waals surface area contributed by atoms with Gasteiger partial charge in [-0.3, -0.25) is 9.59 Å². The Kier molecular flexibility index (Phi) is 9.57. The van der Waals surface area contributed by atoms with Crippen molar-refractivity contribution < 1.29 is 23.8 Å². The number of amides is 2. The SMILES string of the molecule is CS(=O)N[C@H](Cc1ccccc1)C(=O)N1CCC[C@H]1C(=O)N[C@H](Cc1cccc(C#N)c1)B(O)O. The average molecular weight is 496 g/mol. The summed E-state index contributed by atoms with van der Waals surface area (Å²) in [6.45, 7) is 0.372. The number of nitrogens with one attached hydrogen (secondary N) is 2. The Morgan fingerprint density at radius 1 is 1.17 bits per heavy atom. The van der Waals surface area contributed by atoms with Gasteiger partial charge < -0.3 is 20.3 Å². The summed E-state index contributed by atoms with van der Waals surface area (Å²) in [6, 6.07) is 16.5. The topological polar surface area (TPSA) is 143 Å². The number of hydrogen-bond donors (Lipinski definition) is 4. The molecule has 2 aromatic carbocycles. The van der Waals surface area contributed by atoms with Crippen LogP contribution in [0.1, 0.15) is 29.5 Å². The molecule has 1 fully saturated rings. The first-order valence-electron chi connectivity index (χ1n) is 11.4. The Bertz CT molecular complexity index is 1090. The van der Waals surface area contributed by atoms with Gasteiger partial charge in [0.15, 0.2) is 0 Å². The second kappa shape index (κ2) is 12.6. The van der Waals surface area contributed by atoms with E-state index in [4.69, 9.17) is 5.26 Å². The summed E-state index contributed by atoms with van der Waals surface area (Å²) in [6.07, 6.45) is 2.93. The fourth-order valence-corrected chi connectivity index (χ4v) is 4.85. The van der Waals surface area contributed by atoms with E-state index in [-0.39, 0.29) is 12.3 Å². The van der Waals surface area contributed by atoms with E-state index in [9.17, 15) is 23.8 Å². The molecule has 1 saturated heterocycles. The highest BCUT2D eigenvalue weighted by Gasteiger charge is 2.39. The van der Waals surface area contributed by atoms with Gasteiger partial charge in [0.25, 0.3) is 0 Å². The Labute approximate surface area is 207 Å². The monoisotopic (exact) mass is 496 g/mol. The van der Waals surface area contributed by atoms with Crippen molar-refractivity contribution in [3.8, 4) is 6.07 Å². The van der Waals surface area contributed by atoms with Crippen LogP contribution in [0.5, 0.6) is 0 Å². The van der Waals surface area contributed by atoms with Crippen LogP contribution in [-0.4, -0.2) is 68.9 Å². The molecule has 3 rings (SSSR count). The second-order valence-electron chi connectivity index (χ2n) is 8.55. The van der Waals surface area contributed by atoms with Crippen molar-refractivity contribution in [1.29, 1.82) is 5.26 Å². The standard InChI is InChI=1S/C24H29BN4O5S/c1-35(34)28-20(14-17-7-3-2-4-8-17)24(31)29-12-6-11-21(29)23(30)27-22(25(32)33)15-18-9-5-10-19(13-18)16-26/h2-5,7-10,13,20-22,28,32-33H,6,11-12,14-15H2,1H3,(H,27,30)/t20-,21+,22-,35?/m1/s1. The number of rotatable bonds is 10. The Morgan fingerprint density at radius 3 is 2.54 bits per heavy atom. The van der Waals surface area contributed by atoms with E-state index in [0.29, 0.717) is 36.9 Å². The lowest BCUT2D eigenvalue weighted by Crippen LogP contribution is -2.56. The maximum Gasteiger partial charge on any atom is 0.475 e. The number of nitriles is 1. The van der Waals surface area contributed by atoms with E-state index in [1.54, 1.807) is 24.3 Å². The number of benzene rings is 2. The van der Waals surface area contributed by atoms with Gasteiger partial charge in [0, 0.05) is 12.8 Å². The number of likely N-dealkylation sites (tertiary alicyclic amines) is 1. The molecular weight excluding hydrogens is 467 g/mol. The molecule has 2 aromatic rings. The van der Waals surface area contributed by atoms with E-state index < -0.39 is 42.0 Å². The molecule has 4 atom stereocenters. The van der Waals surface area contributed by atoms with Crippen molar-refractivity contribution in [3.05, 3.63) is 71.3 Å². The van der Waals surface area contributed by atoms with Gasteiger partial charge in [-0.1, -0.05) is 42.5 Å². The normalized spacial score (nSPS) is 17.8. The van der Waals surface area contributed by atoms with Crippen molar-refractivity contribution in [2.45, 2.75) is 43.7 Å². The van der Waals surface area contributed by atoms with Crippen LogP contribution in [0.3, 0.4) is 0 Å². The van der Waals surface area contributed by atoms with E-state index in [2.05, 4.69) is 10.0 Å². The molecule has 0 aliphatic carbocycles. The molecule has 1 aliphatic rings. The third-order valence-electron chi connectivity index (χ3n) is 5.93. The molecule has 1 unspecified atom stereocenters. The van der Waals surface area contributed by atoms with E-state index in [1.165, 1.54) is 11.2 Å². The molecule has 0 aromatic heterocycles. The molecule has 9 nitrogen and oxygen atoms in total. The predicted octanol–water partition coefficient (Wildman–Crippen LogP) is 0.0830. The smallest absolute Gasteiger partial charge is 0.426 e. The van der Waals surface area contributed by atoms with Gasteiger partial charge in [-0.05, 0) is 48.9 Å². The molecular formula is C24H29BN4O5S. The average Bonchev–Trinajstić information content (AvgIpc) is 3.33. The Balaban J connectivity index is 1.72. The molecule has 0 saturated carbocycles. The van der Waals surface area contributed by atoms with Crippen LogP contribution in [0.2, 0.25) is 0 Å². The zero-order chi connectivity index (χ0) is 25.4. The summed E-state index contributed by atoms with van der Waals surface area (Å²) >= 11 is 0. The van der Waals surface area contributed by atoms with Crippen molar-refractivity contribution in [2.75, 3.05) is 12.8 Å². The molecule has 1 heterocycles. The summed E-state index contributed by atoms with van der Waals surface area (Å²) in [5.74, 6) is -1.83. The van der Waals surface area contributed by atoms with Gasteiger partial charge in [0.05, 0.1) is 28.6 Å². The molecule has 4 N–H and O–H groups in total. The zero-order valence-corrected chi connectivity index (χ0v) is 20.3. The molecule has 0 bridgehead atoms. The highest BCUT2D eigenvalue weighted by molar-refractivity contribution is 7.82. The minimum absolute atomic E-state index is 0.104. The van der Waals surface area contributed by atoms with Gasteiger partial charge >= 0.3 is 7.12 Å². The first-order chi connectivity index (χ1) is 16.8. The predicted molar refractivity (Wildman–Crippen MR) is 133 cm³/mol. The van der Waals surface area contributed by atoms with Gasteiger partial charge in [-0.15, -0.1) is 0 Å². The number of carbonyl (C=O) groups excluding carboxylic acids is 2. The fourth-order valence-electron chi connectivity index (χ4n) is 4.26. The highest BCUT2D eigenvalue weighted by Crippen LogP contribution is 2.20. The summed E-state index contributed by atoms with van der Waals surface area (Å²) < 4.78 is 14.7. The molecule has 1 aliphatic heterocycles. The molecule has 2 amide bonds. The molecule has 0 spiro atoms. The van der Waals surface area contributed by atoms with Crippen LogP contribution < -0.4 is 10.0 Å². The van der Waals surface area contributed by atoms with Crippen LogP contribution in [-0.2, 0) is 33.4 Å². The van der Waals surface area contributed by atoms with Crippen LogP contribution in [0.4, 0.5) is 0 Å². The lowest BCUT2D eigenvalue weighted by atomic mass is 9.75. The third-order valence-corrected chi connectivity index (χ3v) is 6.54. The molecule has 184 valence electrons. The van der Waals surface area contributed by atoms with Crippen molar-refractivity contribution in [3.63, 3.8) is 0 Å². The van der Waals surface area contributed by atoms with Gasteiger partial charge in [0.1, 0.15) is 12.1 Å². The number of hydrogen-bond acceptors (Lipinski definition) is 6. The Morgan fingerprint density at radius 2 is 1.89 bits per heavy atom. The minimum Gasteiger partial charge on any atom is -0.426 e. The largest absolute Gasteiger partial charge is 0.475 e. The lowest BCUT2D eigenvalue weighted by molar-refractivity contribution is -0.139. The summed E-state index contributed by atoms with van der Waals surface area (Å²) in [7, 11) is -3.27. The lowest BCUT2D eigenvalue weighted by Gasteiger charge is -2.29. The van der Waals surface area contributed by atoms with E-state index in [1.807, 2.05) is 36.4 Å². The highest BCUT2D eigenvalue weighted by atomic mass is 32.2. The fraction of sp³-hybridized carbons (Fsp3) is 0.375. The summed E-state index contributed by atoms with van der Waals surface area (Å²) in [4.78, 5) is 28.0. The van der Waals surface area contributed by atoms with Crippen molar-refractivity contribution >= 4 is 29.9 Å². The van der Waals surface area contributed by atoms with Crippen molar-refractivity contribution in [1.82, 2.24) is 14.9 Å².